The first-order chi connectivity index (χ1) is 30.5. The maximum atomic E-state index is 12.2. The lowest BCUT2D eigenvalue weighted by molar-refractivity contribution is -0.441. The van der Waals surface area contributed by atoms with E-state index in [1.165, 1.54) is 31.4 Å². The molecule has 5 rings (SSSR count). The number of hydrogen-bond acceptors (Lipinski definition) is 14. The molecule has 3 aliphatic heterocycles. The zero-order chi connectivity index (χ0) is 47.8. The van der Waals surface area contributed by atoms with Crippen LogP contribution in [0.5, 0.6) is 0 Å². The SMILES string of the molecule is COCC[N+]1=C(/C=C/C=C/C=C2/N(CCCCCCCC(=O)ON3C(=O)CCC3=O)c3ccc(S(=O)(=O)[O-])cc3C2(C)CCOC)C(C)(CCCS(=O)(=O)O)c2cc(S(=O)(=O)O)ccc21. The van der Waals surface area contributed by atoms with Gasteiger partial charge in [-0.2, -0.15) is 21.4 Å². The van der Waals surface area contributed by atoms with E-state index in [1.807, 2.05) is 36.7 Å². The van der Waals surface area contributed by atoms with Crippen LogP contribution >= 0.6 is 0 Å². The van der Waals surface area contributed by atoms with Gasteiger partial charge in [-0.1, -0.05) is 37.5 Å². The monoisotopic (exact) mass is 963 g/mol. The molecule has 2 N–H and O–H groups in total. The maximum Gasteiger partial charge on any atom is 0.333 e. The number of ether oxygens (including phenoxy) is 2. The summed E-state index contributed by atoms with van der Waals surface area (Å²) < 4.78 is 117. The molecule has 3 heterocycles. The van der Waals surface area contributed by atoms with Crippen molar-refractivity contribution in [3.8, 4) is 0 Å². The highest BCUT2D eigenvalue weighted by Gasteiger charge is 2.48. The molecule has 21 heteroatoms. The molecule has 0 spiro atoms. The van der Waals surface area contributed by atoms with Gasteiger partial charge in [0, 0.05) is 81.1 Å². The molecule has 0 bridgehead atoms. The average molecular weight is 964 g/mol. The Bertz CT molecular complexity index is 2590. The zero-order valence-electron chi connectivity index (χ0n) is 36.9. The van der Waals surface area contributed by atoms with Crippen molar-refractivity contribution in [1.29, 1.82) is 0 Å². The topological polar surface area (TPSA) is 254 Å². The highest BCUT2D eigenvalue weighted by atomic mass is 32.2. The average Bonchev–Trinajstić information content (AvgIpc) is 3.76. The molecule has 2 aromatic carbocycles. The van der Waals surface area contributed by atoms with Gasteiger partial charge in [0.2, 0.25) is 5.69 Å². The van der Waals surface area contributed by atoms with Crippen molar-refractivity contribution in [2.24, 2.45) is 0 Å². The number of hydroxylamine groups is 2. The highest BCUT2D eigenvalue weighted by Crippen LogP contribution is 2.51. The summed E-state index contributed by atoms with van der Waals surface area (Å²) in [5, 5.41) is 0.538. The van der Waals surface area contributed by atoms with Gasteiger partial charge in [0.25, 0.3) is 32.1 Å². The molecule has 0 saturated carbocycles. The summed E-state index contributed by atoms with van der Waals surface area (Å²) in [6.45, 7) is 5.26. The van der Waals surface area contributed by atoms with E-state index >= 15 is 0 Å². The molecule has 0 aromatic heterocycles. The molecule has 65 heavy (non-hydrogen) atoms. The summed E-state index contributed by atoms with van der Waals surface area (Å²) in [5.41, 5.74) is 2.28. The minimum Gasteiger partial charge on any atom is -0.744 e. The predicted molar refractivity (Wildman–Crippen MR) is 238 cm³/mol. The van der Waals surface area contributed by atoms with Gasteiger partial charge in [0.15, 0.2) is 12.3 Å². The quantitative estimate of drug-likeness (QED) is 0.0447. The second kappa shape index (κ2) is 21.3. The molecule has 1 saturated heterocycles. The molecule has 18 nitrogen and oxygen atoms in total. The van der Waals surface area contributed by atoms with Crippen LogP contribution in [0.3, 0.4) is 0 Å². The van der Waals surface area contributed by atoms with Crippen molar-refractivity contribution in [2.45, 2.75) is 105 Å². The summed E-state index contributed by atoms with van der Waals surface area (Å²) in [6, 6.07) is 8.59. The Hall–Kier alpha value is -4.61. The van der Waals surface area contributed by atoms with Gasteiger partial charge in [-0.05, 0) is 87.9 Å². The van der Waals surface area contributed by atoms with Gasteiger partial charge in [0.05, 0.1) is 21.0 Å². The molecule has 0 radical (unpaired) electrons. The summed E-state index contributed by atoms with van der Waals surface area (Å²) in [4.78, 5) is 42.1. The van der Waals surface area contributed by atoms with Crippen LogP contribution in [0.4, 0.5) is 11.4 Å². The summed E-state index contributed by atoms with van der Waals surface area (Å²) in [7, 11) is -10.6. The third-order valence-corrected chi connectivity index (χ3v) is 14.6. The lowest BCUT2D eigenvalue weighted by atomic mass is 9.76. The predicted octanol–water partition coefficient (Wildman–Crippen LogP) is 5.27. The molecule has 356 valence electrons. The Morgan fingerprint density at radius 2 is 1.45 bits per heavy atom. The summed E-state index contributed by atoms with van der Waals surface area (Å²) in [6.07, 6.45) is 13.3. The molecule has 2 unspecified atom stereocenters. The number of benzene rings is 2. The number of allylic oxidation sites excluding steroid dienone is 6. The number of methoxy groups -OCH3 is 2. The standard InChI is InChI=1S/C44H57N3O15S3/c1-43(23-13-29-63(51,52)53)34-30-32(64(54,55)56)18-20-37(34)46(26-28-61-4)38(43)14-9-8-10-15-39-44(2,24-27-60-3)35-31-33(65(57,58)59)17-19-36(35)45(39)25-12-7-5-6-11-16-42(50)62-47-40(48)21-22-41(47)49/h8-10,14-15,17-20,30-31H,5-7,11-13,16,21-29H2,1-4H3,(H2-,51,52,53,54,55,56,57,58,59). The fourth-order valence-electron chi connectivity index (χ4n) is 8.72. The van der Waals surface area contributed by atoms with Gasteiger partial charge in [0.1, 0.15) is 16.7 Å². The Morgan fingerprint density at radius 1 is 0.800 bits per heavy atom. The minimum atomic E-state index is -4.78. The number of amides is 2. The molecule has 2 aromatic rings. The fourth-order valence-corrected chi connectivity index (χ4v) is 10.2. The molecule has 0 aliphatic carbocycles. The van der Waals surface area contributed by atoms with Crippen LogP contribution < -0.4 is 4.90 Å². The lowest BCUT2D eigenvalue weighted by Crippen LogP contribution is -2.32. The highest BCUT2D eigenvalue weighted by molar-refractivity contribution is 7.86. The van der Waals surface area contributed by atoms with Crippen LogP contribution in [0.1, 0.15) is 95.6 Å². The van der Waals surface area contributed by atoms with Crippen LogP contribution in [-0.2, 0) is 69.9 Å². The number of unbranched alkanes of at least 4 members (excludes halogenated alkanes) is 4. The van der Waals surface area contributed by atoms with Crippen LogP contribution in [0.2, 0.25) is 0 Å². The lowest BCUT2D eigenvalue weighted by Gasteiger charge is -2.30. The van der Waals surface area contributed by atoms with Crippen molar-refractivity contribution in [3.05, 3.63) is 83.6 Å². The van der Waals surface area contributed by atoms with Crippen molar-refractivity contribution in [3.63, 3.8) is 0 Å². The zero-order valence-corrected chi connectivity index (χ0v) is 39.4. The first kappa shape index (κ1) is 51.4. The first-order valence-corrected chi connectivity index (χ1v) is 25.7. The largest absolute Gasteiger partial charge is 0.744 e. The number of imide groups is 1. The van der Waals surface area contributed by atoms with Gasteiger partial charge in [-0.3, -0.25) is 18.7 Å². The minimum absolute atomic E-state index is 0.0177. The van der Waals surface area contributed by atoms with Crippen molar-refractivity contribution < 1.29 is 72.2 Å². The van der Waals surface area contributed by atoms with Crippen LogP contribution in [-0.4, -0.2) is 118 Å². The molecular weight excluding hydrogens is 907 g/mol. The van der Waals surface area contributed by atoms with E-state index in [0.717, 1.165) is 24.2 Å². The summed E-state index contributed by atoms with van der Waals surface area (Å²) in [5.74, 6) is -2.24. The second-order valence-electron chi connectivity index (χ2n) is 16.6. The number of rotatable bonds is 24. The number of hydrogen-bond donors (Lipinski definition) is 2. The maximum absolute atomic E-state index is 12.2. The Kier molecular flexibility index (Phi) is 16.9. The third kappa shape index (κ3) is 12.4. The van der Waals surface area contributed by atoms with E-state index < -0.39 is 64.7 Å². The van der Waals surface area contributed by atoms with E-state index in [4.69, 9.17) is 14.3 Å². The fraction of sp³-hybridized carbons (Fsp3) is 0.500. The van der Waals surface area contributed by atoms with Crippen molar-refractivity contribution in [2.75, 3.05) is 51.2 Å². The van der Waals surface area contributed by atoms with Gasteiger partial charge in [-0.25, -0.2) is 13.2 Å². The number of carbonyl (C=O) groups is 3. The smallest absolute Gasteiger partial charge is 0.333 e. The van der Waals surface area contributed by atoms with E-state index in [0.29, 0.717) is 73.0 Å². The molecule has 3 aliphatic rings. The van der Waals surface area contributed by atoms with Crippen LogP contribution in [0, 0.1) is 0 Å². The Morgan fingerprint density at radius 3 is 2.09 bits per heavy atom. The molecular formula is C44H57N3O15S3. The van der Waals surface area contributed by atoms with E-state index in [2.05, 4.69) is 4.90 Å². The van der Waals surface area contributed by atoms with Gasteiger partial charge in [-0.15, -0.1) is 5.06 Å². The number of nitrogens with zero attached hydrogens (tertiary/aromatic N) is 3. The third-order valence-electron chi connectivity index (χ3n) is 12.1. The second-order valence-corrected chi connectivity index (χ2v) is 21.0. The van der Waals surface area contributed by atoms with E-state index in [1.54, 1.807) is 31.4 Å². The molecule has 1 fully saturated rings. The van der Waals surface area contributed by atoms with E-state index in [9.17, 15) is 53.3 Å². The normalized spacial score (nSPS) is 20.9. The molecule has 2 atom stereocenters. The van der Waals surface area contributed by atoms with E-state index in [-0.39, 0.29) is 48.5 Å². The summed E-state index contributed by atoms with van der Waals surface area (Å²) >= 11 is 0. The number of anilines is 1. The van der Waals surface area contributed by atoms with Crippen molar-refractivity contribution >= 4 is 65.2 Å². The van der Waals surface area contributed by atoms with Crippen LogP contribution in [0.15, 0.2) is 82.3 Å². The number of fused-ring (bicyclic) bond motifs is 2. The number of carbonyl (C=O) groups excluding carboxylic acids is 3. The van der Waals surface area contributed by atoms with Crippen LogP contribution in [0.25, 0.3) is 0 Å². The molecule has 2 amide bonds. The first-order valence-electron chi connectivity index (χ1n) is 21.3. The van der Waals surface area contributed by atoms with Gasteiger partial charge < -0.3 is 23.8 Å². The van der Waals surface area contributed by atoms with Gasteiger partial charge >= 0.3 is 5.97 Å². The Labute approximate surface area is 380 Å². The van der Waals surface area contributed by atoms with Crippen molar-refractivity contribution in [1.82, 2.24) is 5.06 Å². The Balaban J connectivity index is 1.42.